The zero-order valence-corrected chi connectivity index (χ0v) is 9.96. The van der Waals surface area contributed by atoms with Crippen molar-refractivity contribution in [3.8, 4) is 0 Å². The van der Waals surface area contributed by atoms with Crippen molar-refractivity contribution in [3.63, 3.8) is 0 Å². The van der Waals surface area contributed by atoms with Crippen molar-refractivity contribution < 1.29 is 4.52 Å². The lowest BCUT2D eigenvalue weighted by Crippen LogP contribution is -2.16. The van der Waals surface area contributed by atoms with Gasteiger partial charge in [0.1, 0.15) is 0 Å². The molecule has 0 unspecified atom stereocenters. The van der Waals surface area contributed by atoms with Gasteiger partial charge in [-0.25, -0.2) is 4.98 Å². The number of nitrogens with one attached hydrogen (secondary N) is 1. The van der Waals surface area contributed by atoms with Gasteiger partial charge in [-0.15, -0.1) is 11.3 Å². The van der Waals surface area contributed by atoms with Crippen LogP contribution in [0.5, 0.6) is 0 Å². The Morgan fingerprint density at radius 3 is 3.06 bits per heavy atom. The van der Waals surface area contributed by atoms with Gasteiger partial charge in [0.05, 0.1) is 5.01 Å². The minimum absolute atomic E-state index is 0.742. The first-order valence-electron chi connectivity index (χ1n) is 5.28. The Morgan fingerprint density at radius 2 is 2.38 bits per heavy atom. The third kappa shape index (κ3) is 3.11. The van der Waals surface area contributed by atoms with Gasteiger partial charge in [-0.3, -0.25) is 0 Å². The molecule has 1 N–H and O–H groups in total. The fourth-order valence-corrected chi connectivity index (χ4v) is 2.14. The van der Waals surface area contributed by atoms with Crippen LogP contribution in [0, 0.1) is 0 Å². The van der Waals surface area contributed by atoms with Crippen molar-refractivity contribution in [2.75, 3.05) is 6.54 Å². The second-order valence-electron chi connectivity index (χ2n) is 3.35. The van der Waals surface area contributed by atoms with E-state index < -0.39 is 0 Å². The molecule has 2 rings (SSSR count). The predicted molar refractivity (Wildman–Crippen MR) is 61.2 cm³/mol. The Morgan fingerprint density at radius 1 is 1.44 bits per heavy atom. The molecule has 2 heterocycles. The van der Waals surface area contributed by atoms with E-state index in [2.05, 4.69) is 31.9 Å². The Labute approximate surface area is 97.9 Å². The smallest absolute Gasteiger partial charge is 0.213 e. The van der Waals surface area contributed by atoms with Gasteiger partial charge in [0.2, 0.25) is 6.39 Å². The fourth-order valence-electron chi connectivity index (χ4n) is 1.31. The van der Waals surface area contributed by atoms with Crippen LogP contribution in [0.1, 0.15) is 22.6 Å². The van der Waals surface area contributed by atoms with Gasteiger partial charge in [-0.1, -0.05) is 12.1 Å². The van der Waals surface area contributed by atoms with Gasteiger partial charge < -0.3 is 9.84 Å². The highest BCUT2D eigenvalue weighted by Crippen LogP contribution is 2.12. The number of aryl methyl sites for hydroxylation is 1. The SMILES string of the molecule is CCc1ncc(CNCCc2ncon2)s1. The van der Waals surface area contributed by atoms with Crippen LogP contribution in [0.25, 0.3) is 0 Å². The molecular formula is C10H14N4OS. The van der Waals surface area contributed by atoms with Crippen molar-refractivity contribution in [1.82, 2.24) is 20.4 Å². The van der Waals surface area contributed by atoms with Crippen LogP contribution in [-0.4, -0.2) is 21.7 Å². The molecule has 0 aliphatic carbocycles. The second-order valence-corrected chi connectivity index (χ2v) is 4.55. The summed E-state index contributed by atoms with van der Waals surface area (Å²) in [5.41, 5.74) is 0. The highest BCUT2D eigenvalue weighted by molar-refractivity contribution is 7.11. The molecule has 2 aromatic heterocycles. The van der Waals surface area contributed by atoms with Crippen LogP contribution >= 0.6 is 11.3 Å². The molecule has 5 nitrogen and oxygen atoms in total. The summed E-state index contributed by atoms with van der Waals surface area (Å²) < 4.78 is 4.65. The largest absolute Gasteiger partial charge is 0.343 e. The number of aromatic nitrogens is 3. The van der Waals surface area contributed by atoms with Crippen molar-refractivity contribution >= 4 is 11.3 Å². The average molecular weight is 238 g/mol. The highest BCUT2D eigenvalue weighted by atomic mass is 32.1. The Bertz CT molecular complexity index is 412. The van der Waals surface area contributed by atoms with E-state index in [-0.39, 0.29) is 0 Å². The molecule has 0 aliphatic heterocycles. The van der Waals surface area contributed by atoms with E-state index >= 15 is 0 Å². The first-order valence-corrected chi connectivity index (χ1v) is 6.09. The summed E-state index contributed by atoms with van der Waals surface area (Å²) in [6.45, 7) is 3.82. The molecule has 6 heteroatoms. The molecule has 2 aromatic rings. The fraction of sp³-hybridized carbons (Fsp3) is 0.500. The predicted octanol–water partition coefficient (Wildman–Crippen LogP) is 1.42. The van der Waals surface area contributed by atoms with Gasteiger partial charge in [-0.2, -0.15) is 4.98 Å². The van der Waals surface area contributed by atoms with E-state index in [1.807, 2.05) is 6.20 Å². The highest BCUT2D eigenvalue weighted by Gasteiger charge is 2.01. The normalized spacial score (nSPS) is 10.8. The topological polar surface area (TPSA) is 63.8 Å². The van der Waals surface area contributed by atoms with Crippen LogP contribution in [0.3, 0.4) is 0 Å². The van der Waals surface area contributed by atoms with Crippen molar-refractivity contribution in [2.24, 2.45) is 0 Å². The Balaban J connectivity index is 1.68. The number of thiazole rings is 1. The zero-order valence-electron chi connectivity index (χ0n) is 9.14. The molecular weight excluding hydrogens is 224 g/mol. The van der Waals surface area contributed by atoms with Gasteiger partial charge in [-0.05, 0) is 6.42 Å². The number of nitrogens with zero attached hydrogens (tertiary/aromatic N) is 3. The minimum Gasteiger partial charge on any atom is -0.343 e. The monoisotopic (exact) mass is 238 g/mol. The van der Waals surface area contributed by atoms with Crippen LogP contribution < -0.4 is 5.32 Å². The first-order chi connectivity index (χ1) is 7.88. The van der Waals surface area contributed by atoms with E-state index in [9.17, 15) is 0 Å². The van der Waals surface area contributed by atoms with E-state index in [4.69, 9.17) is 0 Å². The third-order valence-corrected chi connectivity index (χ3v) is 3.28. The van der Waals surface area contributed by atoms with Crippen molar-refractivity contribution in [3.05, 3.63) is 28.3 Å². The first kappa shape index (κ1) is 11.2. The lowest BCUT2D eigenvalue weighted by atomic mass is 10.4. The number of hydrogen-bond donors (Lipinski definition) is 1. The maximum Gasteiger partial charge on any atom is 0.213 e. The van der Waals surface area contributed by atoms with Gasteiger partial charge in [0, 0.05) is 30.6 Å². The standard InChI is InChI=1S/C10H14N4OS/c1-2-10-12-6-8(16-10)5-11-4-3-9-13-7-15-14-9/h6-7,11H,2-5H2,1H3. The molecule has 86 valence electrons. The number of rotatable bonds is 6. The minimum atomic E-state index is 0.742. The third-order valence-electron chi connectivity index (χ3n) is 2.14. The molecule has 16 heavy (non-hydrogen) atoms. The molecule has 0 atom stereocenters. The van der Waals surface area contributed by atoms with Crippen molar-refractivity contribution in [2.45, 2.75) is 26.3 Å². The maximum absolute atomic E-state index is 4.65. The molecule has 0 radical (unpaired) electrons. The molecule has 0 saturated carbocycles. The molecule has 0 saturated heterocycles. The summed E-state index contributed by atoms with van der Waals surface area (Å²) >= 11 is 1.76. The number of hydrogen-bond acceptors (Lipinski definition) is 6. The summed E-state index contributed by atoms with van der Waals surface area (Å²) in [5.74, 6) is 0.742. The lowest BCUT2D eigenvalue weighted by Gasteiger charge is -1.99. The molecule has 0 fully saturated rings. The van der Waals surface area contributed by atoms with Crippen LogP contribution in [0.15, 0.2) is 17.1 Å². The zero-order chi connectivity index (χ0) is 11.2. The van der Waals surface area contributed by atoms with Crippen LogP contribution in [0.4, 0.5) is 0 Å². The summed E-state index contributed by atoms with van der Waals surface area (Å²) in [6.07, 6.45) is 5.08. The molecule has 0 aromatic carbocycles. The molecule has 0 amide bonds. The summed E-state index contributed by atoms with van der Waals surface area (Å²) in [7, 11) is 0. The van der Waals surface area contributed by atoms with E-state index in [1.165, 1.54) is 16.3 Å². The maximum atomic E-state index is 4.65. The lowest BCUT2D eigenvalue weighted by molar-refractivity contribution is 0.409. The van der Waals surface area contributed by atoms with Crippen molar-refractivity contribution in [1.29, 1.82) is 0 Å². The average Bonchev–Trinajstić information content (AvgIpc) is 2.95. The molecule has 0 bridgehead atoms. The van der Waals surface area contributed by atoms with Gasteiger partial charge in [0.25, 0.3) is 0 Å². The summed E-state index contributed by atoms with van der Waals surface area (Å²) in [6, 6.07) is 0. The molecule has 0 spiro atoms. The van der Waals surface area contributed by atoms with E-state index in [0.29, 0.717) is 0 Å². The summed E-state index contributed by atoms with van der Waals surface area (Å²) in [5, 5.41) is 8.26. The summed E-state index contributed by atoms with van der Waals surface area (Å²) in [4.78, 5) is 9.52. The van der Waals surface area contributed by atoms with Gasteiger partial charge in [0.15, 0.2) is 5.82 Å². The van der Waals surface area contributed by atoms with E-state index in [1.54, 1.807) is 11.3 Å². The Kier molecular flexibility index (Phi) is 4.01. The van der Waals surface area contributed by atoms with Gasteiger partial charge >= 0.3 is 0 Å². The van der Waals surface area contributed by atoms with Crippen LogP contribution in [0.2, 0.25) is 0 Å². The Hall–Kier alpha value is -1.27. The second kappa shape index (κ2) is 5.72. The van der Waals surface area contributed by atoms with E-state index in [0.717, 1.165) is 31.8 Å². The van der Waals surface area contributed by atoms with Crippen LogP contribution in [-0.2, 0) is 19.4 Å². The molecule has 0 aliphatic rings. The quantitative estimate of drug-likeness (QED) is 0.771.